The maximum absolute atomic E-state index is 6.23. The minimum absolute atomic E-state index is 0.401. The summed E-state index contributed by atoms with van der Waals surface area (Å²) in [4.78, 5) is 0. The number of hydrogen-bond acceptors (Lipinski definition) is 2. The predicted molar refractivity (Wildman–Crippen MR) is 78.5 cm³/mol. The van der Waals surface area contributed by atoms with E-state index >= 15 is 0 Å². The van der Waals surface area contributed by atoms with Crippen LogP contribution in [0.4, 0.5) is 0 Å². The Morgan fingerprint density at radius 1 is 1.26 bits per heavy atom. The number of fused-ring (bicyclic) bond motifs is 1. The van der Waals surface area contributed by atoms with E-state index in [4.69, 9.17) is 4.74 Å². The van der Waals surface area contributed by atoms with Crippen molar-refractivity contribution < 1.29 is 4.74 Å². The van der Waals surface area contributed by atoms with Crippen molar-refractivity contribution in [2.75, 3.05) is 6.54 Å². The highest BCUT2D eigenvalue weighted by molar-refractivity contribution is 5.37. The summed E-state index contributed by atoms with van der Waals surface area (Å²) in [7, 11) is 0. The summed E-state index contributed by atoms with van der Waals surface area (Å²) in [5.74, 6) is 1.06. The monoisotopic (exact) mass is 259 g/mol. The molecule has 0 aromatic heterocycles. The number of benzene rings is 1. The van der Waals surface area contributed by atoms with Crippen LogP contribution in [0, 0.1) is 5.41 Å². The highest BCUT2D eigenvalue weighted by Crippen LogP contribution is 2.37. The van der Waals surface area contributed by atoms with Gasteiger partial charge in [-0.1, -0.05) is 19.9 Å². The molecule has 0 saturated heterocycles. The average molecular weight is 259 g/mol. The molecule has 0 bridgehead atoms. The third kappa shape index (κ3) is 3.11. The zero-order valence-electron chi connectivity index (χ0n) is 12.2. The van der Waals surface area contributed by atoms with Gasteiger partial charge in [-0.3, -0.25) is 0 Å². The second-order valence-corrected chi connectivity index (χ2v) is 6.86. The van der Waals surface area contributed by atoms with Crippen molar-refractivity contribution >= 4 is 0 Å². The van der Waals surface area contributed by atoms with Gasteiger partial charge in [-0.25, -0.2) is 0 Å². The largest absolute Gasteiger partial charge is 0.490 e. The first-order valence-electron chi connectivity index (χ1n) is 7.62. The summed E-state index contributed by atoms with van der Waals surface area (Å²) in [5, 5.41) is 3.43. The predicted octanol–water partition coefficient (Wildman–Crippen LogP) is 3.68. The molecule has 1 saturated carbocycles. The van der Waals surface area contributed by atoms with Gasteiger partial charge in [-0.15, -0.1) is 0 Å². The SMILES string of the molecule is CC1(C)CCCC(Oc2ccc3c(c2)CNCC3)C1. The number of nitrogens with one attached hydrogen (secondary N) is 1. The van der Waals surface area contributed by atoms with Gasteiger partial charge >= 0.3 is 0 Å². The zero-order valence-corrected chi connectivity index (χ0v) is 12.2. The molecule has 0 amide bonds. The molecule has 1 atom stereocenters. The molecule has 2 nitrogen and oxygen atoms in total. The van der Waals surface area contributed by atoms with E-state index in [1.807, 2.05) is 0 Å². The van der Waals surface area contributed by atoms with Gasteiger partial charge in [0.05, 0.1) is 6.10 Å². The standard InChI is InChI=1S/C17H25NO/c1-17(2)8-3-4-16(11-17)19-15-6-5-13-7-9-18-12-14(13)10-15/h5-6,10,16,18H,3-4,7-9,11-12H2,1-2H3. The molecular formula is C17H25NO. The molecular weight excluding hydrogens is 234 g/mol. The lowest BCUT2D eigenvalue weighted by Gasteiger charge is -2.35. The molecule has 104 valence electrons. The van der Waals surface area contributed by atoms with Crippen molar-refractivity contribution in [3.8, 4) is 5.75 Å². The fourth-order valence-electron chi connectivity index (χ4n) is 3.45. The topological polar surface area (TPSA) is 21.3 Å². The van der Waals surface area contributed by atoms with Crippen molar-refractivity contribution in [1.82, 2.24) is 5.32 Å². The second kappa shape index (κ2) is 5.16. The minimum Gasteiger partial charge on any atom is -0.490 e. The first-order valence-corrected chi connectivity index (χ1v) is 7.62. The van der Waals surface area contributed by atoms with Crippen LogP contribution in [0.15, 0.2) is 18.2 Å². The lowest BCUT2D eigenvalue weighted by molar-refractivity contribution is 0.0850. The van der Waals surface area contributed by atoms with Crippen LogP contribution in [0.5, 0.6) is 5.75 Å². The Balaban J connectivity index is 1.69. The Labute approximate surface area is 116 Å². The summed E-state index contributed by atoms with van der Waals surface area (Å²) in [6.45, 7) is 6.81. The van der Waals surface area contributed by atoms with E-state index in [2.05, 4.69) is 37.4 Å². The molecule has 1 aliphatic heterocycles. The van der Waals surface area contributed by atoms with Crippen LogP contribution in [0.1, 0.15) is 50.7 Å². The Bertz CT molecular complexity index is 453. The molecule has 19 heavy (non-hydrogen) atoms. The Morgan fingerprint density at radius 2 is 2.16 bits per heavy atom. The van der Waals surface area contributed by atoms with Crippen molar-refractivity contribution in [2.24, 2.45) is 5.41 Å². The fraction of sp³-hybridized carbons (Fsp3) is 0.647. The van der Waals surface area contributed by atoms with E-state index in [1.165, 1.54) is 36.8 Å². The summed E-state index contributed by atoms with van der Waals surface area (Å²) < 4.78 is 6.23. The Kier molecular flexibility index (Phi) is 3.53. The summed E-state index contributed by atoms with van der Waals surface area (Å²) in [6.07, 6.45) is 6.57. The highest BCUT2D eigenvalue weighted by atomic mass is 16.5. The third-order valence-electron chi connectivity index (χ3n) is 4.53. The van der Waals surface area contributed by atoms with Crippen LogP contribution in [0.3, 0.4) is 0 Å². The van der Waals surface area contributed by atoms with Gasteiger partial charge in [0.1, 0.15) is 5.75 Å². The number of ether oxygens (including phenoxy) is 1. The lowest BCUT2D eigenvalue weighted by atomic mass is 9.76. The second-order valence-electron chi connectivity index (χ2n) is 6.86. The maximum atomic E-state index is 6.23. The van der Waals surface area contributed by atoms with Crippen molar-refractivity contribution in [1.29, 1.82) is 0 Å². The summed E-state index contributed by atoms with van der Waals surface area (Å²) >= 11 is 0. The summed E-state index contributed by atoms with van der Waals surface area (Å²) in [6, 6.07) is 6.65. The lowest BCUT2D eigenvalue weighted by Crippen LogP contribution is -2.30. The van der Waals surface area contributed by atoms with Crippen LogP contribution in [0.2, 0.25) is 0 Å². The number of rotatable bonds is 2. The minimum atomic E-state index is 0.401. The van der Waals surface area contributed by atoms with E-state index in [0.29, 0.717) is 11.5 Å². The molecule has 1 fully saturated rings. The normalized spacial score (nSPS) is 25.7. The first kappa shape index (κ1) is 13.0. The average Bonchev–Trinajstić information content (AvgIpc) is 2.37. The molecule has 1 N–H and O–H groups in total. The molecule has 1 heterocycles. The van der Waals surface area contributed by atoms with Crippen LogP contribution in [-0.2, 0) is 13.0 Å². The molecule has 2 aliphatic rings. The molecule has 2 heteroatoms. The van der Waals surface area contributed by atoms with E-state index in [1.54, 1.807) is 0 Å². The molecule has 3 rings (SSSR count). The Hall–Kier alpha value is -1.02. The van der Waals surface area contributed by atoms with Gasteiger partial charge in [-0.05, 0) is 67.3 Å². The van der Waals surface area contributed by atoms with E-state index in [9.17, 15) is 0 Å². The molecule has 1 unspecified atom stereocenters. The zero-order chi connectivity index (χ0) is 13.3. The van der Waals surface area contributed by atoms with Crippen LogP contribution in [-0.4, -0.2) is 12.6 Å². The maximum Gasteiger partial charge on any atom is 0.120 e. The van der Waals surface area contributed by atoms with Gasteiger partial charge in [-0.2, -0.15) is 0 Å². The van der Waals surface area contributed by atoms with E-state index < -0.39 is 0 Å². The number of hydrogen-bond donors (Lipinski definition) is 1. The van der Waals surface area contributed by atoms with Crippen LogP contribution < -0.4 is 10.1 Å². The summed E-state index contributed by atoms with van der Waals surface area (Å²) in [5.41, 5.74) is 3.34. The van der Waals surface area contributed by atoms with Gasteiger partial charge in [0.25, 0.3) is 0 Å². The molecule has 1 aliphatic carbocycles. The smallest absolute Gasteiger partial charge is 0.120 e. The highest BCUT2D eigenvalue weighted by Gasteiger charge is 2.29. The van der Waals surface area contributed by atoms with Gasteiger partial charge in [0.15, 0.2) is 0 Å². The molecule has 0 radical (unpaired) electrons. The Morgan fingerprint density at radius 3 is 3.00 bits per heavy atom. The van der Waals surface area contributed by atoms with Gasteiger partial charge in [0, 0.05) is 6.54 Å². The van der Waals surface area contributed by atoms with Gasteiger partial charge in [0.2, 0.25) is 0 Å². The van der Waals surface area contributed by atoms with Crippen LogP contribution in [0.25, 0.3) is 0 Å². The quantitative estimate of drug-likeness (QED) is 0.875. The molecule has 0 spiro atoms. The van der Waals surface area contributed by atoms with Crippen molar-refractivity contribution in [3.63, 3.8) is 0 Å². The molecule has 1 aromatic carbocycles. The van der Waals surface area contributed by atoms with Crippen molar-refractivity contribution in [3.05, 3.63) is 29.3 Å². The van der Waals surface area contributed by atoms with Crippen LogP contribution >= 0.6 is 0 Å². The van der Waals surface area contributed by atoms with Crippen molar-refractivity contribution in [2.45, 2.75) is 58.6 Å². The van der Waals surface area contributed by atoms with Gasteiger partial charge < -0.3 is 10.1 Å². The molecule has 1 aromatic rings. The fourth-order valence-corrected chi connectivity index (χ4v) is 3.45. The first-order chi connectivity index (χ1) is 9.12. The third-order valence-corrected chi connectivity index (χ3v) is 4.53. The van der Waals surface area contributed by atoms with E-state index in [-0.39, 0.29) is 0 Å². The van der Waals surface area contributed by atoms with E-state index in [0.717, 1.165) is 25.3 Å².